The maximum atomic E-state index is 12.8. The van der Waals surface area contributed by atoms with Crippen molar-refractivity contribution in [2.24, 2.45) is 4.99 Å². The fourth-order valence-electron chi connectivity index (χ4n) is 3.56. The molecule has 0 N–H and O–H groups in total. The molecule has 4 heteroatoms. The number of ether oxygens (including phenoxy) is 2. The van der Waals surface area contributed by atoms with Gasteiger partial charge >= 0.3 is 5.97 Å². The van der Waals surface area contributed by atoms with Crippen LogP contribution in [0.3, 0.4) is 0 Å². The quantitative estimate of drug-likeness (QED) is 0.633. The predicted octanol–water partition coefficient (Wildman–Crippen LogP) is 3.87. The number of benzene rings is 2. The highest BCUT2D eigenvalue weighted by molar-refractivity contribution is 6.08. The Balaban J connectivity index is 1.75. The first-order valence-corrected chi connectivity index (χ1v) is 8.39. The number of carbonyl (C=O) groups excluding carboxylic acids is 1. The number of hydrogen-bond acceptors (Lipinski definition) is 4. The van der Waals surface area contributed by atoms with Crippen LogP contribution < -0.4 is 4.74 Å². The van der Waals surface area contributed by atoms with Gasteiger partial charge in [0.05, 0.1) is 7.11 Å². The summed E-state index contributed by atoms with van der Waals surface area (Å²) >= 11 is 0. The van der Waals surface area contributed by atoms with Gasteiger partial charge in [-0.2, -0.15) is 0 Å². The number of hydrogen-bond donors (Lipinski definition) is 0. The third-order valence-electron chi connectivity index (χ3n) is 4.93. The second kappa shape index (κ2) is 6.20. The number of aliphatic imine (C=N–C) groups is 1. The Labute approximate surface area is 146 Å². The Bertz CT molecular complexity index is 839. The van der Waals surface area contributed by atoms with Gasteiger partial charge in [0.1, 0.15) is 5.75 Å². The van der Waals surface area contributed by atoms with Gasteiger partial charge in [-0.25, -0.2) is 9.79 Å². The van der Waals surface area contributed by atoms with Gasteiger partial charge < -0.3 is 9.47 Å². The average Bonchev–Trinajstić information content (AvgIpc) is 3.00. The fourth-order valence-corrected chi connectivity index (χ4v) is 3.56. The fraction of sp³-hybridized carbons (Fsp3) is 0.238. The minimum atomic E-state index is -0.880. The van der Waals surface area contributed by atoms with Crippen LogP contribution in [0.25, 0.3) is 0 Å². The number of nitrogens with zero attached hydrogens (tertiary/aromatic N) is 1. The first-order chi connectivity index (χ1) is 12.2. The van der Waals surface area contributed by atoms with Gasteiger partial charge in [-0.05, 0) is 36.2 Å². The summed E-state index contributed by atoms with van der Waals surface area (Å²) in [6.45, 7) is 0. The highest BCUT2D eigenvalue weighted by Gasteiger charge is 2.52. The Morgan fingerprint density at radius 2 is 1.84 bits per heavy atom. The topological polar surface area (TPSA) is 47.9 Å². The molecule has 1 aliphatic carbocycles. The minimum absolute atomic E-state index is 0.0443. The molecule has 0 saturated carbocycles. The Morgan fingerprint density at radius 1 is 1.08 bits per heavy atom. The molecule has 25 heavy (non-hydrogen) atoms. The van der Waals surface area contributed by atoms with E-state index in [0.29, 0.717) is 12.3 Å². The van der Waals surface area contributed by atoms with Crippen LogP contribution in [-0.4, -0.2) is 24.5 Å². The number of cyclic esters (lactones) is 1. The van der Waals surface area contributed by atoms with Crippen molar-refractivity contribution >= 4 is 11.9 Å². The monoisotopic (exact) mass is 333 g/mol. The summed E-state index contributed by atoms with van der Waals surface area (Å²) < 4.78 is 10.8. The zero-order valence-corrected chi connectivity index (χ0v) is 14.0. The molecule has 1 aliphatic heterocycles. The summed E-state index contributed by atoms with van der Waals surface area (Å²) in [4.78, 5) is 17.6. The second-order valence-electron chi connectivity index (χ2n) is 6.33. The first-order valence-electron chi connectivity index (χ1n) is 8.39. The van der Waals surface area contributed by atoms with E-state index in [2.05, 4.69) is 6.08 Å². The van der Waals surface area contributed by atoms with Crippen molar-refractivity contribution < 1.29 is 14.3 Å². The van der Waals surface area contributed by atoms with Gasteiger partial charge in [-0.1, -0.05) is 42.5 Å². The minimum Gasteiger partial charge on any atom is -0.497 e. The van der Waals surface area contributed by atoms with Gasteiger partial charge in [-0.3, -0.25) is 0 Å². The molecular weight excluding hydrogens is 314 g/mol. The van der Waals surface area contributed by atoms with Gasteiger partial charge in [-0.15, -0.1) is 0 Å². The normalized spacial score (nSPS) is 24.9. The lowest BCUT2D eigenvalue weighted by atomic mass is 9.73. The predicted molar refractivity (Wildman–Crippen MR) is 95.9 cm³/mol. The lowest BCUT2D eigenvalue weighted by Gasteiger charge is -2.33. The lowest BCUT2D eigenvalue weighted by Crippen LogP contribution is -2.41. The van der Waals surface area contributed by atoms with Crippen LogP contribution in [0.4, 0.5) is 0 Å². The standard InChI is InChI=1S/C21H19NO3/c1-24-17-12-10-15(11-13-17)18-9-5-6-14-21(18)20(23)25-19(22-21)16-7-3-2-4-8-16/h2-8,10-13,18H,9,14H2,1H3/t18-,21-/m1/s1. The highest BCUT2D eigenvalue weighted by Crippen LogP contribution is 2.45. The van der Waals surface area contributed by atoms with Crippen LogP contribution >= 0.6 is 0 Å². The van der Waals surface area contributed by atoms with Crippen LogP contribution in [-0.2, 0) is 9.53 Å². The maximum absolute atomic E-state index is 12.8. The Hall–Kier alpha value is -2.88. The molecule has 2 aromatic rings. The molecular formula is C21H19NO3. The molecule has 1 spiro atoms. The molecule has 4 rings (SSSR count). The Kier molecular flexibility index (Phi) is 3.88. The van der Waals surface area contributed by atoms with Crippen LogP contribution in [0.1, 0.15) is 29.9 Å². The van der Waals surface area contributed by atoms with Crippen molar-refractivity contribution in [3.63, 3.8) is 0 Å². The van der Waals surface area contributed by atoms with Crippen LogP contribution in [0.15, 0.2) is 71.7 Å². The number of carbonyl (C=O) groups is 1. The molecule has 0 bridgehead atoms. The lowest BCUT2D eigenvalue weighted by molar-refractivity contribution is -0.139. The second-order valence-corrected chi connectivity index (χ2v) is 6.33. The van der Waals surface area contributed by atoms with Crippen molar-refractivity contribution in [3.8, 4) is 5.75 Å². The summed E-state index contributed by atoms with van der Waals surface area (Å²) in [5, 5.41) is 0. The van der Waals surface area contributed by atoms with Gasteiger partial charge in [0, 0.05) is 17.9 Å². The van der Waals surface area contributed by atoms with E-state index in [1.807, 2.05) is 60.7 Å². The summed E-state index contributed by atoms with van der Waals surface area (Å²) in [7, 11) is 1.64. The molecule has 2 atom stereocenters. The first kappa shape index (κ1) is 15.6. The van der Waals surface area contributed by atoms with Crippen molar-refractivity contribution in [2.45, 2.75) is 24.3 Å². The third-order valence-corrected chi connectivity index (χ3v) is 4.93. The van der Waals surface area contributed by atoms with E-state index >= 15 is 0 Å². The molecule has 2 aromatic carbocycles. The SMILES string of the molecule is COc1ccc([C@H]2CC=CC[C@@]23N=C(c2ccccc2)OC3=O)cc1. The van der Waals surface area contributed by atoms with E-state index in [9.17, 15) is 4.79 Å². The number of rotatable bonds is 3. The van der Waals surface area contributed by atoms with E-state index in [4.69, 9.17) is 14.5 Å². The summed E-state index contributed by atoms with van der Waals surface area (Å²) in [6.07, 6.45) is 5.45. The van der Waals surface area contributed by atoms with Crippen molar-refractivity contribution in [1.29, 1.82) is 0 Å². The largest absolute Gasteiger partial charge is 0.497 e. The Morgan fingerprint density at radius 3 is 2.56 bits per heavy atom. The van der Waals surface area contributed by atoms with E-state index in [1.54, 1.807) is 7.11 Å². The van der Waals surface area contributed by atoms with Crippen molar-refractivity contribution in [2.75, 3.05) is 7.11 Å². The zero-order chi connectivity index (χ0) is 17.3. The maximum Gasteiger partial charge on any atom is 0.341 e. The van der Waals surface area contributed by atoms with Gasteiger partial charge in [0.2, 0.25) is 5.90 Å². The number of allylic oxidation sites excluding steroid dienone is 1. The molecule has 0 amide bonds. The van der Waals surface area contributed by atoms with Gasteiger partial charge in [0.15, 0.2) is 5.54 Å². The number of methoxy groups -OCH3 is 1. The highest BCUT2D eigenvalue weighted by atomic mass is 16.6. The van der Waals surface area contributed by atoms with Crippen LogP contribution in [0.5, 0.6) is 5.75 Å². The van der Waals surface area contributed by atoms with Crippen LogP contribution in [0.2, 0.25) is 0 Å². The third kappa shape index (κ3) is 2.64. The molecule has 0 radical (unpaired) electrons. The van der Waals surface area contributed by atoms with E-state index < -0.39 is 5.54 Å². The summed E-state index contributed by atoms with van der Waals surface area (Å²) in [5.41, 5.74) is 1.02. The number of esters is 1. The molecule has 126 valence electrons. The molecule has 0 fully saturated rings. The average molecular weight is 333 g/mol. The van der Waals surface area contributed by atoms with Crippen molar-refractivity contribution in [1.82, 2.24) is 0 Å². The summed E-state index contributed by atoms with van der Waals surface area (Å²) in [6, 6.07) is 17.4. The van der Waals surface area contributed by atoms with Crippen molar-refractivity contribution in [3.05, 3.63) is 77.9 Å². The molecule has 4 nitrogen and oxygen atoms in total. The zero-order valence-electron chi connectivity index (χ0n) is 14.0. The van der Waals surface area contributed by atoms with E-state index in [-0.39, 0.29) is 11.9 Å². The molecule has 1 heterocycles. The molecule has 0 aromatic heterocycles. The molecule has 2 aliphatic rings. The van der Waals surface area contributed by atoms with E-state index in [1.165, 1.54) is 0 Å². The summed E-state index contributed by atoms with van der Waals surface area (Å²) in [5.74, 6) is 0.902. The molecule has 0 saturated heterocycles. The molecule has 0 unspecified atom stereocenters. The smallest absolute Gasteiger partial charge is 0.341 e. The van der Waals surface area contributed by atoms with E-state index in [0.717, 1.165) is 23.3 Å². The van der Waals surface area contributed by atoms with Gasteiger partial charge in [0.25, 0.3) is 0 Å². The van der Waals surface area contributed by atoms with Crippen LogP contribution in [0, 0.1) is 0 Å².